The predicted octanol–water partition coefficient (Wildman–Crippen LogP) is 9.91. The molecule has 0 amide bonds. The molecule has 0 unspecified atom stereocenters. The number of para-hydroxylation sites is 2. The third-order valence-electron chi connectivity index (χ3n) is 7.10. The topological polar surface area (TPSA) is 6.25 Å². The van der Waals surface area contributed by atoms with Crippen molar-refractivity contribution < 1.29 is 21.8 Å². The van der Waals surface area contributed by atoms with Crippen molar-refractivity contribution in [3.8, 4) is 0 Å². The van der Waals surface area contributed by atoms with Crippen LogP contribution in [0.4, 0.5) is 28.6 Å². The molecule has 4 aromatic rings. The molecule has 0 N–H and O–H groups in total. The van der Waals surface area contributed by atoms with Crippen molar-refractivity contribution in [1.82, 2.24) is 0 Å². The molecule has 208 valence electrons. The number of halogens is 4. The summed E-state index contributed by atoms with van der Waals surface area (Å²) < 4.78 is 41.5. The summed E-state index contributed by atoms with van der Waals surface area (Å²) in [5, 5.41) is 0. The fourth-order valence-corrected chi connectivity index (χ4v) is 5.41. The van der Waals surface area contributed by atoms with Crippen molar-refractivity contribution in [3.05, 3.63) is 131 Å². The van der Waals surface area contributed by atoms with E-state index in [1.54, 1.807) is 0 Å². The van der Waals surface area contributed by atoms with Crippen LogP contribution in [-0.4, -0.2) is 18.2 Å². The molecule has 0 saturated carbocycles. The molecule has 1 aliphatic heterocycles. The highest BCUT2D eigenvalue weighted by Gasteiger charge is 2.46. The van der Waals surface area contributed by atoms with Crippen LogP contribution in [0.15, 0.2) is 109 Å². The van der Waals surface area contributed by atoms with Crippen LogP contribution in [0.3, 0.4) is 0 Å². The summed E-state index contributed by atoms with van der Waals surface area (Å²) in [5.74, 6) is 0.867. The third kappa shape index (κ3) is 6.82. The Labute approximate surface area is 234 Å². The molecule has 4 aromatic carbocycles. The highest BCUT2D eigenvalue weighted by Crippen LogP contribution is 2.47. The summed E-state index contributed by atoms with van der Waals surface area (Å²) in [5.41, 5.74) is 7.94. The second-order valence-electron chi connectivity index (χ2n) is 10.6. The molecular formula is C33H35BF4N2. The second kappa shape index (κ2) is 12.5. The van der Waals surface area contributed by atoms with E-state index >= 15 is 0 Å². The van der Waals surface area contributed by atoms with E-state index in [0.29, 0.717) is 11.8 Å². The minimum absolute atomic E-state index is 0.138. The van der Waals surface area contributed by atoms with Crippen molar-refractivity contribution in [2.45, 2.75) is 51.6 Å². The van der Waals surface area contributed by atoms with Crippen LogP contribution in [0.2, 0.25) is 0 Å². The molecule has 2 atom stereocenters. The first-order valence-corrected chi connectivity index (χ1v) is 13.6. The zero-order chi connectivity index (χ0) is 28.9. The van der Waals surface area contributed by atoms with E-state index < -0.39 is 7.25 Å². The SMILES string of the molecule is CC(C)c1ccccc1N1C=[N+](c2ccccc2C(C)C)[C@@H](c2ccccc2)[C@@H]1c1ccccc1.F[B-](F)(F)F. The molecular weight excluding hydrogens is 511 g/mol. The summed E-state index contributed by atoms with van der Waals surface area (Å²) in [6.07, 6.45) is 2.36. The largest absolute Gasteiger partial charge is 0.673 e. The van der Waals surface area contributed by atoms with Gasteiger partial charge >= 0.3 is 7.25 Å². The van der Waals surface area contributed by atoms with E-state index in [9.17, 15) is 17.3 Å². The van der Waals surface area contributed by atoms with Gasteiger partial charge in [-0.25, -0.2) is 9.48 Å². The van der Waals surface area contributed by atoms with Crippen LogP contribution >= 0.6 is 0 Å². The highest BCUT2D eigenvalue weighted by molar-refractivity contribution is 6.50. The Hall–Kier alpha value is -3.87. The van der Waals surface area contributed by atoms with Crippen molar-refractivity contribution in [2.75, 3.05) is 4.90 Å². The number of benzene rings is 4. The average molecular weight is 546 g/mol. The van der Waals surface area contributed by atoms with Gasteiger partial charge in [-0.15, -0.1) is 0 Å². The Balaban J connectivity index is 0.000000681. The van der Waals surface area contributed by atoms with Crippen LogP contribution in [0.1, 0.15) is 73.9 Å². The number of anilines is 1. The fraction of sp³-hybridized carbons (Fsp3) is 0.242. The lowest BCUT2D eigenvalue weighted by atomic mass is 9.90. The van der Waals surface area contributed by atoms with E-state index in [0.717, 1.165) is 0 Å². The minimum atomic E-state index is -6.00. The number of hydrogen-bond acceptors (Lipinski definition) is 1. The zero-order valence-corrected chi connectivity index (χ0v) is 23.3. The fourth-order valence-electron chi connectivity index (χ4n) is 5.41. The molecule has 0 spiro atoms. The van der Waals surface area contributed by atoms with Gasteiger partial charge in [-0.1, -0.05) is 125 Å². The normalized spacial score (nSPS) is 17.1. The lowest BCUT2D eigenvalue weighted by Crippen LogP contribution is -2.27. The van der Waals surface area contributed by atoms with E-state index in [4.69, 9.17) is 0 Å². The van der Waals surface area contributed by atoms with Crippen LogP contribution in [0, 0.1) is 0 Å². The van der Waals surface area contributed by atoms with E-state index in [1.807, 2.05) is 0 Å². The summed E-state index contributed by atoms with van der Waals surface area (Å²) in [4.78, 5) is 2.51. The van der Waals surface area contributed by atoms with E-state index in [1.165, 1.54) is 33.6 Å². The summed E-state index contributed by atoms with van der Waals surface area (Å²) in [7, 11) is -6.00. The van der Waals surface area contributed by atoms with E-state index in [-0.39, 0.29) is 12.1 Å². The minimum Gasteiger partial charge on any atom is -0.418 e. The first-order chi connectivity index (χ1) is 19.1. The molecule has 5 rings (SSSR count). The summed E-state index contributed by atoms with van der Waals surface area (Å²) >= 11 is 0. The molecule has 40 heavy (non-hydrogen) atoms. The van der Waals surface area contributed by atoms with Crippen LogP contribution in [0.25, 0.3) is 0 Å². The monoisotopic (exact) mass is 546 g/mol. The lowest BCUT2D eigenvalue weighted by molar-refractivity contribution is -0.482. The van der Waals surface area contributed by atoms with Gasteiger partial charge in [0.1, 0.15) is 11.4 Å². The summed E-state index contributed by atoms with van der Waals surface area (Å²) in [6, 6.07) is 40.0. The van der Waals surface area contributed by atoms with Gasteiger partial charge in [-0.2, -0.15) is 0 Å². The molecule has 0 bridgehead atoms. The maximum atomic E-state index is 9.75. The van der Waals surface area contributed by atoms with Crippen molar-refractivity contribution in [2.24, 2.45) is 0 Å². The standard InChI is InChI=1S/C33H35N2.BF4/c1-24(2)28-19-11-13-21-30(28)34-23-35(31-22-14-12-20-29(31)25(3)4)33(27-17-9-6-10-18-27)32(34)26-15-7-5-8-16-26;2-1(3,4)5/h5-25,32-33H,1-4H3;/q+1;-1/t32-,33-;/m0./s1. The van der Waals surface area contributed by atoms with Crippen molar-refractivity contribution >= 4 is 25.0 Å². The molecule has 0 fully saturated rings. The highest BCUT2D eigenvalue weighted by atomic mass is 19.5. The Kier molecular flexibility index (Phi) is 9.13. The smallest absolute Gasteiger partial charge is 0.418 e. The molecule has 0 aromatic heterocycles. The van der Waals surface area contributed by atoms with E-state index in [2.05, 4.69) is 153 Å². The van der Waals surface area contributed by atoms with Gasteiger partial charge < -0.3 is 17.3 Å². The number of hydrogen-bond donors (Lipinski definition) is 0. The van der Waals surface area contributed by atoms with Gasteiger partial charge in [0.2, 0.25) is 6.34 Å². The van der Waals surface area contributed by atoms with Crippen LogP contribution in [-0.2, 0) is 0 Å². The molecule has 7 heteroatoms. The van der Waals surface area contributed by atoms with Crippen LogP contribution < -0.4 is 4.90 Å². The van der Waals surface area contributed by atoms with Gasteiger partial charge in [0, 0.05) is 22.3 Å². The maximum Gasteiger partial charge on any atom is 0.673 e. The lowest BCUT2D eigenvalue weighted by Gasteiger charge is -2.26. The van der Waals surface area contributed by atoms with Gasteiger partial charge in [0.05, 0.1) is 0 Å². The van der Waals surface area contributed by atoms with Gasteiger partial charge in [0.25, 0.3) is 0 Å². The Morgan fingerprint density at radius 1 is 0.600 bits per heavy atom. The average Bonchev–Trinajstić information content (AvgIpc) is 3.33. The van der Waals surface area contributed by atoms with Crippen LogP contribution in [0.5, 0.6) is 0 Å². The van der Waals surface area contributed by atoms with Crippen molar-refractivity contribution in [3.63, 3.8) is 0 Å². The Bertz CT molecular complexity index is 1410. The quantitative estimate of drug-likeness (QED) is 0.133. The Morgan fingerprint density at radius 3 is 1.60 bits per heavy atom. The molecule has 0 radical (unpaired) electrons. The number of nitrogens with zero attached hydrogens (tertiary/aromatic N) is 2. The third-order valence-corrected chi connectivity index (χ3v) is 7.10. The van der Waals surface area contributed by atoms with Gasteiger partial charge in [0.15, 0.2) is 12.1 Å². The predicted molar refractivity (Wildman–Crippen MR) is 158 cm³/mol. The Morgan fingerprint density at radius 2 is 1.05 bits per heavy atom. The van der Waals surface area contributed by atoms with Gasteiger partial charge in [-0.3, -0.25) is 0 Å². The first kappa shape index (κ1) is 29.1. The zero-order valence-electron chi connectivity index (χ0n) is 23.3. The molecule has 0 aliphatic carbocycles. The molecule has 0 saturated heterocycles. The molecule has 1 heterocycles. The summed E-state index contributed by atoms with van der Waals surface area (Å²) in [6.45, 7) is 9.14. The van der Waals surface area contributed by atoms with Gasteiger partial charge in [-0.05, 0) is 24.0 Å². The molecule has 1 aliphatic rings. The van der Waals surface area contributed by atoms with Crippen molar-refractivity contribution in [1.29, 1.82) is 0 Å². The number of rotatable bonds is 6. The first-order valence-electron chi connectivity index (χ1n) is 13.6. The maximum absolute atomic E-state index is 9.75. The molecule has 2 nitrogen and oxygen atoms in total. The second-order valence-corrected chi connectivity index (χ2v) is 10.6.